The minimum Gasteiger partial charge on any atom is -0.482 e. The van der Waals surface area contributed by atoms with E-state index in [1.54, 1.807) is 36.4 Å². The molecule has 0 amide bonds. The molecule has 0 saturated carbocycles. The summed E-state index contributed by atoms with van der Waals surface area (Å²) >= 11 is 1.43. The van der Waals surface area contributed by atoms with Crippen LogP contribution in [0.3, 0.4) is 0 Å². The van der Waals surface area contributed by atoms with Crippen LogP contribution in [0.5, 0.6) is 5.75 Å². The summed E-state index contributed by atoms with van der Waals surface area (Å²) in [6, 6.07) is 12.2. The van der Waals surface area contributed by atoms with E-state index in [2.05, 4.69) is 6.07 Å². The number of carbonyl (C=O) groups is 1. The molecule has 3 aromatic rings. The lowest BCUT2D eigenvalue weighted by molar-refractivity contribution is -0.147. The van der Waals surface area contributed by atoms with Crippen LogP contribution in [0, 0.1) is 11.3 Å². The molecule has 1 aromatic heterocycles. The summed E-state index contributed by atoms with van der Waals surface area (Å²) in [5.41, 5.74) is 0.380. The van der Waals surface area contributed by atoms with Crippen molar-refractivity contribution in [1.29, 1.82) is 5.26 Å². The van der Waals surface area contributed by atoms with Gasteiger partial charge < -0.3 is 14.2 Å². The van der Waals surface area contributed by atoms with E-state index in [4.69, 9.17) is 19.5 Å². The molecule has 0 unspecified atom stereocenters. The number of hydrogen-bond donors (Lipinski definition) is 0. The van der Waals surface area contributed by atoms with Crippen molar-refractivity contribution in [2.24, 2.45) is 0 Å². The molecule has 0 fully saturated rings. The predicted molar refractivity (Wildman–Crippen MR) is 98.6 cm³/mol. The third-order valence-corrected chi connectivity index (χ3v) is 4.81. The Balaban J connectivity index is 1.85. The molecular formula is C19H15NO5S. The van der Waals surface area contributed by atoms with Crippen molar-refractivity contribution >= 4 is 37.5 Å². The Bertz CT molecular complexity index is 1070. The number of hydrogen-bond acceptors (Lipinski definition) is 7. The molecule has 0 saturated heterocycles. The fourth-order valence-corrected chi connectivity index (χ4v) is 3.51. The van der Waals surface area contributed by atoms with Gasteiger partial charge in [-0.15, -0.1) is 11.3 Å². The second-order valence-electron chi connectivity index (χ2n) is 5.41. The molecule has 0 atom stereocenters. The third kappa shape index (κ3) is 3.82. The van der Waals surface area contributed by atoms with Crippen LogP contribution in [0.4, 0.5) is 0 Å². The maximum absolute atomic E-state index is 12.7. The fourth-order valence-electron chi connectivity index (χ4n) is 2.42. The average molecular weight is 369 g/mol. The van der Waals surface area contributed by atoms with Crippen LogP contribution in [0.15, 0.2) is 41.2 Å². The van der Waals surface area contributed by atoms with E-state index in [0.717, 1.165) is 9.40 Å². The van der Waals surface area contributed by atoms with Crippen LogP contribution in [-0.2, 0) is 14.3 Å². The number of rotatable bonds is 6. The van der Waals surface area contributed by atoms with Crippen LogP contribution in [0.2, 0.25) is 0 Å². The SMILES string of the molecule is COCCOC(=O)COc1ccc2sc3cc(C#N)ccc3c(=O)c2c1. The molecule has 0 N–H and O–H groups in total. The molecule has 132 valence electrons. The first-order valence-corrected chi connectivity index (χ1v) is 8.62. The summed E-state index contributed by atoms with van der Waals surface area (Å²) in [4.78, 5) is 24.3. The average Bonchev–Trinajstić information content (AvgIpc) is 2.66. The standard InChI is InChI=1S/C19H15NO5S/c1-23-6-7-24-18(21)11-25-13-3-5-16-15(9-13)19(22)14-4-2-12(10-20)8-17(14)26-16/h2-5,8-9H,6-7,11H2,1H3. The Morgan fingerprint density at radius 3 is 2.73 bits per heavy atom. The lowest BCUT2D eigenvalue weighted by atomic mass is 10.1. The summed E-state index contributed by atoms with van der Waals surface area (Å²) in [6.45, 7) is 0.245. The van der Waals surface area contributed by atoms with Gasteiger partial charge in [0.1, 0.15) is 12.4 Å². The number of benzene rings is 2. The highest BCUT2D eigenvalue weighted by Crippen LogP contribution is 2.28. The van der Waals surface area contributed by atoms with Crippen LogP contribution in [0.25, 0.3) is 20.2 Å². The predicted octanol–water partition coefficient (Wildman–Crippen LogP) is 2.85. The van der Waals surface area contributed by atoms with E-state index in [9.17, 15) is 9.59 Å². The number of ether oxygens (including phenoxy) is 3. The van der Waals surface area contributed by atoms with E-state index in [-0.39, 0.29) is 18.6 Å². The van der Waals surface area contributed by atoms with Crippen molar-refractivity contribution in [1.82, 2.24) is 0 Å². The zero-order chi connectivity index (χ0) is 18.5. The zero-order valence-corrected chi connectivity index (χ0v) is 14.8. The Labute approximate surface area is 153 Å². The van der Waals surface area contributed by atoms with Crippen molar-refractivity contribution in [3.63, 3.8) is 0 Å². The number of carbonyl (C=O) groups excluding carboxylic acids is 1. The molecule has 6 nitrogen and oxygen atoms in total. The number of esters is 1. The van der Waals surface area contributed by atoms with Gasteiger partial charge >= 0.3 is 5.97 Å². The first-order valence-electron chi connectivity index (χ1n) is 7.80. The molecule has 3 rings (SSSR count). The molecule has 26 heavy (non-hydrogen) atoms. The molecular weight excluding hydrogens is 354 g/mol. The van der Waals surface area contributed by atoms with Gasteiger partial charge in [-0.25, -0.2) is 4.79 Å². The second-order valence-corrected chi connectivity index (χ2v) is 6.50. The van der Waals surface area contributed by atoms with E-state index < -0.39 is 5.97 Å². The lowest BCUT2D eigenvalue weighted by Gasteiger charge is -2.08. The largest absolute Gasteiger partial charge is 0.482 e. The summed E-state index contributed by atoms with van der Waals surface area (Å²) in [7, 11) is 1.52. The number of nitriles is 1. The van der Waals surface area contributed by atoms with Gasteiger partial charge in [0, 0.05) is 27.3 Å². The van der Waals surface area contributed by atoms with E-state index in [0.29, 0.717) is 28.7 Å². The first kappa shape index (κ1) is 17.9. The van der Waals surface area contributed by atoms with Gasteiger partial charge in [0.2, 0.25) is 0 Å². The topological polar surface area (TPSA) is 85.6 Å². The van der Waals surface area contributed by atoms with Crippen LogP contribution in [-0.4, -0.2) is 32.9 Å². The summed E-state index contributed by atoms with van der Waals surface area (Å²) < 4.78 is 16.7. The molecule has 0 aliphatic rings. The van der Waals surface area contributed by atoms with Crippen LogP contribution >= 0.6 is 11.3 Å². The van der Waals surface area contributed by atoms with Gasteiger partial charge in [-0.05, 0) is 36.4 Å². The van der Waals surface area contributed by atoms with Crippen molar-refractivity contribution in [3.05, 3.63) is 52.2 Å². The minimum absolute atomic E-state index is 0.133. The Kier molecular flexibility index (Phi) is 5.46. The van der Waals surface area contributed by atoms with Gasteiger partial charge in [0.25, 0.3) is 0 Å². The van der Waals surface area contributed by atoms with E-state index in [1.807, 2.05) is 0 Å². The van der Waals surface area contributed by atoms with E-state index in [1.165, 1.54) is 18.4 Å². The van der Waals surface area contributed by atoms with Gasteiger partial charge in [-0.2, -0.15) is 5.26 Å². The highest BCUT2D eigenvalue weighted by Gasteiger charge is 2.10. The number of methoxy groups -OCH3 is 1. The quantitative estimate of drug-likeness (QED) is 0.377. The van der Waals surface area contributed by atoms with Gasteiger partial charge in [0.05, 0.1) is 18.2 Å². The molecule has 2 aromatic carbocycles. The van der Waals surface area contributed by atoms with Gasteiger partial charge in [-0.3, -0.25) is 4.79 Å². The third-order valence-electron chi connectivity index (χ3n) is 3.68. The van der Waals surface area contributed by atoms with Gasteiger partial charge in [0.15, 0.2) is 12.0 Å². The summed E-state index contributed by atoms with van der Waals surface area (Å²) in [5, 5.41) is 10.1. The van der Waals surface area contributed by atoms with Crippen molar-refractivity contribution in [2.75, 3.05) is 26.9 Å². The highest BCUT2D eigenvalue weighted by molar-refractivity contribution is 7.24. The summed E-state index contributed by atoms with van der Waals surface area (Å²) in [5.74, 6) is -0.0895. The molecule has 0 aliphatic carbocycles. The number of fused-ring (bicyclic) bond motifs is 2. The van der Waals surface area contributed by atoms with Crippen LogP contribution in [0.1, 0.15) is 5.56 Å². The van der Waals surface area contributed by atoms with Gasteiger partial charge in [-0.1, -0.05) is 0 Å². The maximum Gasteiger partial charge on any atom is 0.344 e. The fraction of sp³-hybridized carbons (Fsp3) is 0.211. The molecule has 7 heteroatoms. The Hall–Kier alpha value is -2.95. The molecule has 1 heterocycles. The molecule has 0 bridgehead atoms. The zero-order valence-electron chi connectivity index (χ0n) is 14.0. The maximum atomic E-state index is 12.7. The van der Waals surface area contributed by atoms with Crippen LogP contribution < -0.4 is 10.2 Å². The normalized spacial score (nSPS) is 10.6. The lowest BCUT2D eigenvalue weighted by Crippen LogP contribution is -2.17. The van der Waals surface area contributed by atoms with Crippen molar-refractivity contribution < 1.29 is 19.0 Å². The highest BCUT2D eigenvalue weighted by atomic mass is 32.1. The first-order chi connectivity index (χ1) is 12.6. The molecule has 0 aliphatic heterocycles. The molecule has 0 spiro atoms. The summed E-state index contributed by atoms with van der Waals surface area (Å²) in [6.07, 6.45) is 0. The van der Waals surface area contributed by atoms with Crippen molar-refractivity contribution in [3.8, 4) is 11.8 Å². The van der Waals surface area contributed by atoms with Crippen molar-refractivity contribution in [2.45, 2.75) is 0 Å². The minimum atomic E-state index is -0.505. The number of nitrogens with zero attached hydrogens (tertiary/aromatic N) is 1. The Morgan fingerprint density at radius 2 is 1.96 bits per heavy atom. The van der Waals surface area contributed by atoms with E-state index >= 15 is 0 Å². The molecule has 0 radical (unpaired) electrons. The monoisotopic (exact) mass is 369 g/mol. The Morgan fingerprint density at radius 1 is 1.12 bits per heavy atom. The second kappa shape index (κ2) is 7.95. The smallest absolute Gasteiger partial charge is 0.344 e.